The van der Waals surface area contributed by atoms with Gasteiger partial charge in [-0.1, -0.05) is 24.2 Å². The van der Waals surface area contributed by atoms with Gasteiger partial charge in [0.2, 0.25) is 0 Å². The van der Waals surface area contributed by atoms with Crippen molar-refractivity contribution in [3.63, 3.8) is 0 Å². The minimum atomic E-state index is 0.309. The highest BCUT2D eigenvalue weighted by atomic mass is 16.5. The van der Waals surface area contributed by atoms with Gasteiger partial charge in [-0.2, -0.15) is 4.98 Å². The standard InChI is InChI=1S/C16H23N3O2/c1-5-6-14-18-15(21-19-14)10-20-16-11(2)7-13(9-17-4)8-12(16)3/h7-8,17H,5-6,9-10H2,1-4H3. The summed E-state index contributed by atoms with van der Waals surface area (Å²) in [7, 11) is 1.94. The van der Waals surface area contributed by atoms with E-state index in [2.05, 4.69) is 48.4 Å². The lowest BCUT2D eigenvalue weighted by Gasteiger charge is -2.12. The van der Waals surface area contributed by atoms with Gasteiger partial charge in [-0.25, -0.2) is 0 Å². The molecule has 0 spiro atoms. The van der Waals surface area contributed by atoms with Gasteiger partial charge in [-0.05, 0) is 44.0 Å². The summed E-state index contributed by atoms with van der Waals surface area (Å²) in [5.41, 5.74) is 3.49. The molecular weight excluding hydrogens is 266 g/mol. The van der Waals surface area contributed by atoms with Crippen molar-refractivity contribution >= 4 is 0 Å². The van der Waals surface area contributed by atoms with Crippen LogP contribution in [0.15, 0.2) is 16.7 Å². The predicted molar refractivity (Wildman–Crippen MR) is 81.3 cm³/mol. The highest BCUT2D eigenvalue weighted by Crippen LogP contribution is 2.25. The quantitative estimate of drug-likeness (QED) is 0.849. The Labute approximate surface area is 125 Å². The van der Waals surface area contributed by atoms with Crippen LogP contribution in [0.3, 0.4) is 0 Å². The number of benzene rings is 1. The first-order chi connectivity index (χ1) is 10.1. The van der Waals surface area contributed by atoms with Gasteiger partial charge in [-0.3, -0.25) is 0 Å². The van der Waals surface area contributed by atoms with Gasteiger partial charge in [0.25, 0.3) is 5.89 Å². The van der Waals surface area contributed by atoms with Crippen LogP contribution in [0.1, 0.15) is 41.8 Å². The van der Waals surface area contributed by atoms with Crippen molar-refractivity contribution in [1.82, 2.24) is 15.5 Å². The number of ether oxygens (including phenoxy) is 1. The number of rotatable bonds is 7. The Morgan fingerprint density at radius 2 is 1.95 bits per heavy atom. The molecule has 0 fully saturated rings. The molecule has 1 heterocycles. The normalized spacial score (nSPS) is 10.9. The fourth-order valence-corrected chi connectivity index (χ4v) is 2.38. The summed E-state index contributed by atoms with van der Waals surface area (Å²) in [6.07, 6.45) is 1.84. The third-order valence-corrected chi connectivity index (χ3v) is 3.22. The molecule has 2 rings (SSSR count). The lowest BCUT2D eigenvalue weighted by atomic mass is 10.1. The number of hydrogen-bond donors (Lipinski definition) is 1. The van der Waals surface area contributed by atoms with Crippen LogP contribution in [0, 0.1) is 13.8 Å². The average molecular weight is 289 g/mol. The van der Waals surface area contributed by atoms with Gasteiger partial charge in [0, 0.05) is 13.0 Å². The first kappa shape index (κ1) is 15.5. The van der Waals surface area contributed by atoms with Crippen LogP contribution in [0.4, 0.5) is 0 Å². The van der Waals surface area contributed by atoms with Gasteiger partial charge >= 0.3 is 0 Å². The molecule has 0 saturated heterocycles. The number of aryl methyl sites for hydroxylation is 3. The molecular formula is C16H23N3O2. The van der Waals surface area contributed by atoms with E-state index in [1.165, 1.54) is 5.56 Å². The molecule has 1 aromatic heterocycles. The van der Waals surface area contributed by atoms with Crippen molar-refractivity contribution in [3.05, 3.63) is 40.5 Å². The molecule has 0 aliphatic carbocycles. The maximum Gasteiger partial charge on any atom is 0.264 e. The molecule has 0 saturated carbocycles. The van der Waals surface area contributed by atoms with Crippen molar-refractivity contribution in [2.75, 3.05) is 7.05 Å². The molecule has 114 valence electrons. The number of hydrogen-bond acceptors (Lipinski definition) is 5. The summed E-state index contributed by atoms with van der Waals surface area (Å²) < 4.78 is 11.0. The third kappa shape index (κ3) is 4.04. The van der Waals surface area contributed by atoms with E-state index in [0.717, 1.165) is 42.1 Å². The molecule has 0 amide bonds. The van der Waals surface area contributed by atoms with Crippen molar-refractivity contribution in [3.8, 4) is 5.75 Å². The van der Waals surface area contributed by atoms with Crippen LogP contribution >= 0.6 is 0 Å². The maximum atomic E-state index is 5.86. The van der Waals surface area contributed by atoms with E-state index in [1.807, 2.05) is 7.05 Å². The van der Waals surface area contributed by atoms with Gasteiger partial charge < -0.3 is 14.6 Å². The highest BCUT2D eigenvalue weighted by molar-refractivity contribution is 5.43. The minimum Gasteiger partial charge on any atom is -0.483 e. The Kier molecular flexibility index (Phi) is 5.33. The molecule has 0 bridgehead atoms. The average Bonchev–Trinajstić information content (AvgIpc) is 2.86. The fourth-order valence-electron chi connectivity index (χ4n) is 2.38. The molecule has 0 unspecified atom stereocenters. The van der Waals surface area contributed by atoms with E-state index in [-0.39, 0.29) is 0 Å². The zero-order valence-corrected chi connectivity index (χ0v) is 13.2. The van der Waals surface area contributed by atoms with Gasteiger partial charge in [-0.15, -0.1) is 0 Å². The second kappa shape index (κ2) is 7.22. The Hall–Kier alpha value is -1.88. The molecule has 0 aliphatic heterocycles. The first-order valence-corrected chi connectivity index (χ1v) is 7.33. The van der Waals surface area contributed by atoms with Crippen LogP contribution in [0.25, 0.3) is 0 Å². The van der Waals surface area contributed by atoms with Crippen molar-refractivity contribution in [1.29, 1.82) is 0 Å². The monoisotopic (exact) mass is 289 g/mol. The molecule has 1 N–H and O–H groups in total. The lowest BCUT2D eigenvalue weighted by molar-refractivity contribution is 0.240. The zero-order chi connectivity index (χ0) is 15.2. The Morgan fingerprint density at radius 1 is 1.24 bits per heavy atom. The Bertz CT molecular complexity index is 570. The second-order valence-electron chi connectivity index (χ2n) is 5.23. The van der Waals surface area contributed by atoms with Crippen LogP contribution in [0.2, 0.25) is 0 Å². The molecule has 21 heavy (non-hydrogen) atoms. The summed E-state index contributed by atoms with van der Waals surface area (Å²) in [6, 6.07) is 4.27. The molecule has 1 aromatic carbocycles. The number of nitrogens with one attached hydrogen (secondary N) is 1. The van der Waals surface area contributed by atoms with Crippen LogP contribution in [-0.4, -0.2) is 17.2 Å². The SMILES string of the molecule is CCCc1noc(COc2c(C)cc(CNC)cc2C)n1. The lowest BCUT2D eigenvalue weighted by Crippen LogP contribution is -2.06. The molecule has 0 aliphatic rings. The predicted octanol–water partition coefficient (Wildman–Crippen LogP) is 2.94. The van der Waals surface area contributed by atoms with Crippen molar-refractivity contribution < 1.29 is 9.26 Å². The van der Waals surface area contributed by atoms with Crippen LogP contribution < -0.4 is 10.1 Å². The fraction of sp³-hybridized carbons (Fsp3) is 0.500. The Balaban J connectivity index is 2.05. The van der Waals surface area contributed by atoms with E-state index >= 15 is 0 Å². The van der Waals surface area contributed by atoms with Crippen molar-refractivity contribution in [2.45, 2.75) is 46.8 Å². The van der Waals surface area contributed by atoms with E-state index in [1.54, 1.807) is 0 Å². The van der Waals surface area contributed by atoms with E-state index in [0.29, 0.717) is 12.5 Å². The summed E-state index contributed by atoms with van der Waals surface area (Å²) in [6.45, 7) is 7.36. The summed E-state index contributed by atoms with van der Waals surface area (Å²) in [4.78, 5) is 4.31. The second-order valence-corrected chi connectivity index (χ2v) is 5.23. The van der Waals surface area contributed by atoms with Crippen LogP contribution in [-0.2, 0) is 19.6 Å². The topological polar surface area (TPSA) is 60.2 Å². The van der Waals surface area contributed by atoms with Gasteiger partial charge in [0.05, 0.1) is 0 Å². The summed E-state index contributed by atoms with van der Waals surface area (Å²) >= 11 is 0. The number of nitrogens with zero attached hydrogens (tertiary/aromatic N) is 2. The van der Waals surface area contributed by atoms with Crippen molar-refractivity contribution in [2.24, 2.45) is 0 Å². The number of aromatic nitrogens is 2. The summed E-state index contributed by atoms with van der Waals surface area (Å²) in [5, 5.41) is 7.08. The van der Waals surface area contributed by atoms with Gasteiger partial charge in [0.15, 0.2) is 12.4 Å². The molecule has 2 aromatic rings. The Morgan fingerprint density at radius 3 is 2.57 bits per heavy atom. The first-order valence-electron chi connectivity index (χ1n) is 7.33. The molecule has 0 radical (unpaired) electrons. The maximum absolute atomic E-state index is 5.86. The largest absolute Gasteiger partial charge is 0.483 e. The van der Waals surface area contributed by atoms with Crippen LogP contribution in [0.5, 0.6) is 5.75 Å². The minimum absolute atomic E-state index is 0.309. The molecule has 5 heteroatoms. The highest BCUT2D eigenvalue weighted by Gasteiger charge is 2.10. The molecule has 0 atom stereocenters. The smallest absolute Gasteiger partial charge is 0.264 e. The zero-order valence-electron chi connectivity index (χ0n) is 13.2. The summed E-state index contributed by atoms with van der Waals surface area (Å²) in [5.74, 6) is 2.16. The van der Waals surface area contributed by atoms with Gasteiger partial charge in [0.1, 0.15) is 5.75 Å². The van der Waals surface area contributed by atoms with E-state index in [4.69, 9.17) is 9.26 Å². The third-order valence-electron chi connectivity index (χ3n) is 3.22. The molecule has 5 nitrogen and oxygen atoms in total. The van der Waals surface area contributed by atoms with E-state index in [9.17, 15) is 0 Å². The van der Waals surface area contributed by atoms with E-state index < -0.39 is 0 Å².